The van der Waals surface area contributed by atoms with Gasteiger partial charge in [0.1, 0.15) is 11.6 Å². The quantitative estimate of drug-likeness (QED) is 0.162. The number of hydrogen-bond donors (Lipinski definition) is 1. The Balaban J connectivity index is 0.00000528. The zero-order chi connectivity index (χ0) is 41.0. The summed E-state index contributed by atoms with van der Waals surface area (Å²) in [5, 5.41) is 11.3. The molecule has 0 spiro atoms. The summed E-state index contributed by atoms with van der Waals surface area (Å²) in [7, 11) is 0. The molecular formula is C50H44N3OPt-. The van der Waals surface area contributed by atoms with Gasteiger partial charge in [-0.05, 0) is 76.8 Å². The molecule has 0 saturated carbocycles. The monoisotopic (exact) mass is 901 g/mol. The molecule has 55 heavy (non-hydrogen) atoms. The summed E-state index contributed by atoms with van der Waals surface area (Å²) < 4.78 is 35.1. The summed E-state index contributed by atoms with van der Waals surface area (Å²) in [6, 6.07) is 48.5. The molecule has 0 amide bonds. The molecule has 8 aromatic rings. The standard InChI is InChI=1S/C50H44N3O.Pt/c1-32(2)34-20-22-35(23-21-34)37-25-26-51-44(31-37)39-28-38(29-40(30-39)50(4,5)6)41-16-12-17-46-48(41)52-49(42-15-10-11-18-47(42)54)53(46)45-24-19-33(3)27-43(45)36-13-8-7-9-14-36;/h7-27,29-32,54H,1-6H3;/q-1;/i3D3,32D;. The normalized spacial score (nSPS) is 13.0. The Hall–Kier alpha value is -5.57. The van der Waals surface area contributed by atoms with Gasteiger partial charge in [0.25, 0.3) is 0 Å². The van der Waals surface area contributed by atoms with E-state index in [-0.39, 0.29) is 37.8 Å². The molecule has 2 heterocycles. The number of nitrogens with zero attached hydrogens (tertiary/aromatic N) is 3. The van der Waals surface area contributed by atoms with Crippen LogP contribution in [0.2, 0.25) is 0 Å². The van der Waals surface area contributed by atoms with Crippen molar-refractivity contribution in [2.75, 3.05) is 0 Å². The van der Waals surface area contributed by atoms with Crippen molar-refractivity contribution in [1.29, 1.82) is 0 Å². The van der Waals surface area contributed by atoms with Crippen LogP contribution in [-0.4, -0.2) is 19.6 Å². The van der Waals surface area contributed by atoms with Gasteiger partial charge in [-0.2, -0.15) is 0 Å². The number of aromatic hydroxyl groups is 1. The second-order valence-corrected chi connectivity index (χ2v) is 15.0. The number of imidazole rings is 1. The van der Waals surface area contributed by atoms with Crippen LogP contribution >= 0.6 is 0 Å². The minimum Gasteiger partial charge on any atom is -0.507 e. The van der Waals surface area contributed by atoms with Gasteiger partial charge in [-0.15, -0.1) is 29.3 Å². The molecule has 1 N–H and O–H groups in total. The third-order valence-corrected chi connectivity index (χ3v) is 10.0. The van der Waals surface area contributed by atoms with E-state index in [1.165, 1.54) is 0 Å². The van der Waals surface area contributed by atoms with Crippen LogP contribution < -0.4 is 0 Å². The fourth-order valence-electron chi connectivity index (χ4n) is 7.02. The van der Waals surface area contributed by atoms with Gasteiger partial charge in [0, 0.05) is 44.0 Å². The minimum absolute atomic E-state index is 0. The van der Waals surface area contributed by atoms with Gasteiger partial charge >= 0.3 is 0 Å². The Morgan fingerprint density at radius 2 is 1.44 bits per heavy atom. The molecule has 0 radical (unpaired) electrons. The molecule has 0 saturated heterocycles. The van der Waals surface area contributed by atoms with Crippen LogP contribution in [0.1, 0.15) is 62.7 Å². The molecule has 2 aromatic heterocycles. The van der Waals surface area contributed by atoms with E-state index in [4.69, 9.17) is 15.5 Å². The second kappa shape index (κ2) is 15.3. The summed E-state index contributed by atoms with van der Waals surface area (Å²) in [5.74, 6) is -0.0924. The number of hydrogen-bond acceptors (Lipinski definition) is 3. The first-order valence-corrected chi connectivity index (χ1v) is 18.2. The average Bonchev–Trinajstić information content (AvgIpc) is 3.59. The van der Waals surface area contributed by atoms with Gasteiger partial charge < -0.3 is 5.11 Å². The average molecular weight is 902 g/mol. The molecule has 6 aromatic carbocycles. The van der Waals surface area contributed by atoms with Crippen molar-refractivity contribution in [1.82, 2.24) is 14.5 Å². The molecule has 0 fully saturated rings. The molecule has 5 heteroatoms. The maximum atomic E-state index is 11.3. The van der Waals surface area contributed by atoms with E-state index in [1.54, 1.807) is 24.3 Å². The van der Waals surface area contributed by atoms with E-state index >= 15 is 0 Å². The second-order valence-electron chi connectivity index (χ2n) is 15.0. The van der Waals surface area contributed by atoms with Crippen molar-refractivity contribution in [2.45, 2.75) is 52.8 Å². The predicted octanol–water partition coefficient (Wildman–Crippen LogP) is 13.0. The number of fused-ring (bicyclic) bond motifs is 1. The third kappa shape index (κ3) is 7.44. The van der Waals surface area contributed by atoms with Gasteiger partial charge in [0.2, 0.25) is 0 Å². The number of phenolic OH excluding ortho intramolecular Hbond substituents is 1. The Morgan fingerprint density at radius 3 is 2.16 bits per heavy atom. The number of rotatable bonds is 7. The van der Waals surface area contributed by atoms with Crippen LogP contribution in [0, 0.1) is 12.9 Å². The molecule has 0 atom stereocenters. The van der Waals surface area contributed by atoms with Crippen molar-refractivity contribution in [3.63, 3.8) is 0 Å². The summed E-state index contributed by atoms with van der Waals surface area (Å²) in [5.41, 5.74) is 11.8. The van der Waals surface area contributed by atoms with Gasteiger partial charge in [0.15, 0.2) is 0 Å². The van der Waals surface area contributed by atoms with Gasteiger partial charge in [-0.1, -0.05) is 142 Å². The zero-order valence-corrected chi connectivity index (χ0v) is 33.7. The van der Waals surface area contributed by atoms with Gasteiger partial charge in [0.05, 0.1) is 22.3 Å². The van der Waals surface area contributed by atoms with Gasteiger partial charge in [-0.25, -0.2) is 4.98 Å². The van der Waals surface area contributed by atoms with E-state index < -0.39 is 12.7 Å². The first-order valence-electron chi connectivity index (χ1n) is 20.2. The Labute approximate surface area is 344 Å². The molecule has 276 valence electrons. The number of para-hydroxylation sites is 2. The van der Waals surface area contributed by atoms with Crippen LogP contribution in [0.4, 0.5) is 0 Å². The summed E-state index contributed by atoms with van der Waals surface area (Å²) >= 11 is 0. The number of pyridine rings is 1. The molecule has 4 nitrogen and oxygen atoms in total. The number of aromatic nitrogens is 3. The maximum Gasteiger partial charge on any atom is 0.148 e. The van der Waals surface area contributed by atoms with Crippen molar-refractivity contribution < 1.29 is 31.7 Å². The summed E-state index contributed by atoms with van der Waals surface area (Å²) in [6.45, 7) is 8.04. The summed E-state index contributed by atoms with van der Waals surface area (Å²) in [6.07, 6.45) is 1.83. The molecular weight excluding hydrogens is 854 g/mol. The van der Waals surface area contributed by atoms with Crippen molar-refractivity contribution in [3.8, 4) is 67.5 Å². The smallest absolute Gasteiger partial charge is 0.148 e. The third-order valence-electron chi connectivity index (χ3n) is 10.0. The van der Waals surface area contributed by atoms with Gasteiger partial charge in [-0.3, -0.25) is 9.55 Å². The molecule has 0 bridgehead atoms. The van der Waals surface area contributed by atoms with E-state index in [9.17, 15) is 5.11 Å². The Bertz CT molecular complexity index is 2800. The summed E-state index contributed by atoms with van der Waals surface area (Å²) in [4.78, 5) is 10.2. The molecule has 8 rings (SSSR count). The van der Waals surface area contributed by atoms with Crippen molar-refractivity contribution in [2.24, 2.45) is 0 Å². The van der Waals surface area contributed by atoms with E-state index in [0.717, 1.165) is 67.0 Å². The van der Waals surface area contributed by atoms with Crippen molar-refractivity contribution >= 4 is 11.0 Å². The van der Waals surface area contributed by atoms with Crippen LogP contribution in [0.25, 0.3) is 72.7 Å². The fraction of sp³-hybridized carbons (Fsp3) is 0.160. The fourth-order valence-corrected chi connectivity index (χ4v) is 7.02. The molecule has 0 aliphatic carbocycles. The van der Waals surface area contributed by atoms with Crippen LogP contribution in [0.3, 0.4) is 0 Å². The molecule has 0 aliphatic rings. The van der Waals surface area contributed by atoms with Crippen LogP contribution in [-0.2, 0) is 26.5 Å². The molecule has 0 aliphatic heterocycles. The Morgan fingerprint density at radius 1 is 0.709 bits per heavy atom. The molecule has 0 unspecified atom stereocenters. The zero-order valence-electron chi connectivity index (χ0n) is 35.5. The minimum atomic E-state index is -2.31. The topological polar surface area (TPSA) is 50.9 Å². The van der Waals surface area contributed by atoms with E-state index in [1.807, 2.05) is 110 Å². The van der Waals surface area contributed by atoms with Crippen LogP contribution in [0.5, 0.6) is 5.75 Å². The number of phenols is 1. The first-order chi connectivity index (χ1) is 27.6. The predicted molar refractivity (Wildman–Crippen MR) is 224 cm³/mol. The largest absolute Gasteiger partial charge is 0.507 e. The van der Waals surface area contributed by atoms with E-state index in [2.05, 4.69) is 57.2 Å². The number of aryl methyl sites for hydroxylation is 1. The Kier molecular flexibility index (Phi) is 9.12. The number of benzene rings is 6. The van der Waals surface area contributed by atoms with Crippen LogP contribution in [0.15, 0.2) is 146 Å². The SMILES string of the molecule is [2H]C([2H])([2H])c1ccc(-n2c(-c3ccccc3O)nc3c(-c4[c-]c(-c5cc(-c6ccc(C([2H])(C)C)cc6)ccn5)cc(C(C)(C)C)c4)cccc32)c(-c2ccccc2)c1.[Pt]. The van der Waals surface area contributed by atoms with E-state index in [0.29, 0.717) is 16.9 Å². The van der Waals surface area contributed by atoms with Crippen molar-refractivity contribution in [3.05, 3.63) is 168 Å². The maximum absolute atomic E-state index is 11.3. The first kappa shape index (κ1) is 32.8.